The third-order valence-corrected chi connectivity index (χ3v) is 1.59. The first-order chi connectivity index (χ1) is 5.24. The highest BCUT2D eigenvalue weighted by atomic mass is 14.6. The summed E-state index contributed by atoms with van der Waals surface area (Å²) in [6.45, 7) is 7.84. The molecule has 0 fully saturated rings. The minimum atomic E-state index is 0.907. The molecule has 60 valence electrons. The van der Waals surface area contributed by atoms with Crippen LogP contribution in [0.2, 0.25) is 6.82 Å². The highest BCUT2D eigenvalue weighted by Crippen LogP contribution is 1.96. The lowest BCUT2D eigenvalue weighted by Crippen LogP contribution is -1.94. The molecule has 0 amide bonds. The van der Waals surface area contributed by atoms with Crippen molar-refractivity contribution in [2.24, 2.45) is 5.73 Å². The summed E-state index contributed by atoms with van der Waals surface area (Å²) in [6.07, 6.45) is 6.73. The second-order valence-corrected chi connectivity index (χ2v) is 2.39. The molecule has 0 radical (unpaired) electrons. The first-order valence-corrected chi connectivity index (χ1v) is 4.02. The van der Waals surface area contributed by atoms with E-state index in [0.29, 0.717) is 0 Å². The van der Waals surface area contributed by atoms with Crippen molar-refractivity contribution >= 4 is 7.28 Å². The van der Waals surface area contributed by atoms with Crippen molar-refractivity contribution in [2.75, 3.05) is 0 Å². The van der Waals surface area contributed by atoms with E-state index in [-0.39, 0.29) is 0 Å². The first-order valence-electron chi connectivity index (χ1n) is 4.02. The van der Waals surface area contributed by atoms with E-state index >= 15 is 0 Å². The predicted molar refractivity (Wildman–Crippen MR) is 53.9 cm³/mol. The summed E-state index contributed by atoms with van der Waals surface area (Å²) < 4.78 is 0. The quantitative estimate of drug-likeness (QED) is 0.478. The van der Waals surface area contributed by atoms with E-state index in [2.05, 4.69) is 13.4 Å². The van der Waals surface area contributed by atoms with Crippen LogP contribution in [0.3, 0.4) is 0 Å². The molecule has 0 unspecified atom stereocenters. The number of rotatable bonds is 4. The van der Waals surface area contributed by atoms with E-state index < -0.39 is 0 Å². The lowest BCUT2D eigenvalue weighted by atomic mass is 9.72. The van der Waals surface area contributed by atoms with Crippen LogP contribution in [-0.2, 0) is 0 Å². The Morgan fingerprint density at radius 2 is 2.18 bits per heavy atom. The number of hydrogen-bond acceptors (Lipinski definition) is 1. The fraction of sp³-hybridized carbons (Fsp3) is 0.333. The largest absolute Gasteiger partial charge is 0.402 e. The Kier molecular flexibility index (Phi) is 5.35. The second-order valence-electron chi connectivity index (χ2n) is 2.39. The fourth-order valence-corrected chi connectivity index (χ4v) is 0.662. The molecule has 0 aromatic heterocycles. The molecule has 1 nitrogen and oxygen atoms in total. The van der Waals surface area contributed by atoms with Crippen LogP contribution in [0.25, 0.3) is 0 Å². The van der Waals surface area contributed by atoms with Gasteiger partial charge in [0.1, 0.15) is 0 Å². The Bertz CT molecular complexity index is 180. The highest BCUT2D eigenvalue weighted by molar-refractivity contribution is 6.44. The Labute approximate surface area is 69.9 Å². The summed E-state index contributed by atoms with van der Waals surface area (Å²) in [7, 11) is 1.01. The Morgan fingerprint density at radius 1 is 1.55 bits per heavy atom. The van der Waals surface area contributed by atoms with Gasteiger partial charge in [0.25, 0.3) is 0 Å². The van der Waals surface area contributed by atoms with Gasteiger partial charge in [-0.15, -0.1) is 0 Å². The van der Waals surface area contributed by atoms with Gasteiger partial charge in [-0.1, -0.05) is 38.0 Å². The summed E-state index contributed by atoms with van der Waals surface area (Å²) in [4.78, 5) is 0. The molecule has 0 bridgehead atoms. The van der Waals surface area contributed by atoms with E-state index in [0.717, 1.165) is 19.4 Å². The molecular formula is C9H16BN. The molecule has 0 aliphatic carbocycles. The third kappa shape index (κ3) is 4.48. The van der Waals surface area contributed by atoms with Crippen LogP contribution in [0.15, 0.2) is 36.0 Å². The van der Waals surface area contributed by atoms with Crippen LogP contribution < -0.4 is 5.73 Å². The summed E-state index contributed by atoms with van der Waals surface area (Å²) >= 11 is 0. The minimum absolute atomic E-state index is 0.907. The normalized spacial score (nSPS) is 12.9. The van der Waals surface area contributed by atoms with Crippen LogP contribution in [0.4, 0.5) is 0 Å². The van der Waals surface area contributed by atoms with Crippen LogP contribution in [0, 0.1) is 0 Å². The van der Waals surface area contributed by atoms with E-state index in [1.807, 2.05) is 25.2 Å². The first kappa shape index (κ1) is 10.1. The molecule has 0 spiro atoms. The second kappa shape index (κ2) is 5.84. The molecule has 0 heterocycles. The zero-order chi connectivity index (χ0) is 8.69. The molecular weight excluding hydrogens is 133 g/mol. The van der Waals surface area contributed by atoms with Crippen molar-refractivity contribution in [1.29, 1.82) is 0 Å². The van der Waals surface area contributed by atoms with Crippen molar-refractivity contribution in [3.63, 3.8) is 0 Å². The number of nitrogens with two attached hydrogens (primary N) is 1. The smallest absolute Gasteiger partial charge is 0.154 e. The Morgan fingerprint density at radius 3 is 2.55 bits per heavy atom. The zero-order valence-electron chi connectivity index (χ0n) is 7.43. The van der Waals surface area contributed by atoms with Gasteiger partial charge in [0.15, 0.2) is 7.28 Å². The molecule has 0 aromatic rings. The molecule has 0 rings (SSSR count). The molecule has 0 aliphatic heterocycles. The van der Waals surface area contributed by atoms with Crippen molar-refractivity contribution in [2.45, 2.75) is 20.2 Å². The van der Waals surface area contributed by atoms with Gasteiger partial charge >= 0.3 is 0 Å². The Hall–Kier alpha value is -0.915. The van der Waals surface area contributed by atoms with Crippen LogP contribution in [-0.4, -0.2) is 7.28 Å². The maximum Gasteiger partial charge on any atom is 0.154 e. The SMILES string of the molecule is C=C/C(BC)=C\C=C(/N)CC. The van der Waals surface area contributed by atoms with Crippen LogP contribution >= 0.6 is 0 Å². The molecule has 0 aliphatic rings. The average molecular weight is 149 g/mol. The molecule has 0 aromatic carbocycles. The molecule has 0 saturated heterocycles. The maximum atomic E-state index is 5.61. The third-order valence-electron chi connectivity index (χ3n) is 1.59. The van der Waals surface area contributed by atoms with Crippen molar-refractivity contribution in [3.8, 4) is 0 Å². The lowest BCUT2D eigenvalue weighted by molar-refractivity contribution is 1.07. The lowest BCUT2D eigenvalue weighted by Gasteiger charge is -1.93. The summed E-state index contributed by atoms with van der Waals surface area (Å²) in [5, 5.41) is 0. The molecule has 2 N–H and O–H groups in total. The zero-order valence-corrected chi connectivity index (χ0v) is 7.43. The van der Waals surface area contributed by atoms with Gasteiger partial charge in [-0.25, -0.2) is 0 Å². The number of allylic oxidation sites excluding steroid dienone is 5. The standard InChI is InChI=1S/C9H16BN/c1-4-8(10-3)6-7-9(11)5-2/h4,6-7,10H,1,5,11H2,2-3H3/b8-6+,9-7-. The Balaban J connectivity index is 4.17. The van der Waals surface area contributed by atoms with Gasteiger partial charge < -0.3 is 5.73 Å². The van der Waals surface area contributed by atoms with Gasteiger partial charge in [-0.3, -0.25) is 0 Å². The number of hydrogen-bond donors (Lipinski definition) is 1. The van der Waals surface area contributed by atoms with E-state index in [4.69, 9.17) is 5.73 Å². The molecule has 0 saturated carbocycles. The molecule has 0 atom stereocenters. The fourth-order valence-electron chi connectivity index (χ4n) is 0.662. The minimum Gasteiger partial charge on any atom is -0.402 e. The molecule has 11 heavy (non-hydrogen) atoms. The highest BCUT2D eigenvalue weighted by Gasteiger charge is 1.86. The van der Waals surface area contributed by atoms with Gasteiger partial charge in [-0.2, -0.15) is 0 Å². The summed E-state index contributed by atoms with van der Waals surface area (Å²) in [5.41, 5.74) is 7.75. The van der Waals surface area contributed by atoms with E-state index in [9.17, 15) is 0 Å². The van der Waals surface area contributed by atoms with Gasteiger partial charge in [-0.05, 0) is 12.5 Å². The van der Waals surface area contributed by atoms with Gasteiger partial charge in [0, 0.05) is 5.70 Å². The van der Waals surface area contributed by atoms with Crippen LogP contribution in [0.1, 0.15) is 13.3 Å². The van der Waals surface area contributed by atoms with Crippen molar-refractivity contribution in [1.82, 2.24) is 0 Å². The van der Waals surface area contributed by atoms with Gasteiger partial charge in [0.05, 0.1) is 0 Å². The van der Waals surface area contributed by atoms with Gasteiger partial charge in [0.2, 0.25) is 0 Å². The van der Waals surface area contributed by atoms with E-state index in [1.165, 1.54) is 5.47 Å². The van der Waals surface area contributed by atoms with Crippen LogP contribution in [0.5, 0.6) is 0 Å². The summed E-state index contributed by atoms with van der Waals surface area (Å²) in [6, 6.07) is 0. The van der Waals surface area contributed by atoms with E-state index in [1.54, 1.807) is 0 Å². The topological polar surface area (TPSA) is 26.0 Å². The van der Waals surface area contributed by atoms with Crippen molar-refractivity contribution < 1.29 is 0 Å². The maximum absolute atomic E-state index is 5.61. The monoisotopic (exact) mass is 149 g/mol. The molecule has 2 heteroatoms. The predicted octanol–water partition coefficient (Wildman–Crippen LogP) is 1.79. The van der Waals surface area contributed by atoms with Crippen molar-refractivity contribution in [3.05, 3.63) is 36.0 Å². The average Bonchev–Trinajstić information content (AvgIpc) is 2.06. The summed E-state index contributed by atoms with van der Waals surface area (Å²) in [5.74, 6) is 0.